The van der Waals surface area contributed by atoms with E-state index in [2.05, 4.69) is 0 Å². The highest BCUT2D eigenvalue weighted by Crippen LogP contribution is 2.25. The van der Waals surface area contributed by atoms with Crippen molar-refractivity contribution in [3.63, 3.8) is 0 Å². The minimum absolute atomic E-state index is 0.0225. The third kappa shape index (κ3) is 4.40. The maximum Gasteiger partial charge on any atom is 0.235 e. The number of anilines is 2. The van der Waals surface area contributed by atoms with Gasteiger partial charge in [0.05, 0.1) is 30.3 Å². The largest absolute Gasteiger partial charge is 0.397 e. The predicted molar refractivity (Wildman–Crippen MR) is 78.5 cm³/mol. The maximum atomic E-state index is 12.3. The first-order chi connectivity index (χ1) is 8.88. The Morgan fingerprint density at radius 2 is 1.95 bits per heavy atom. The lowest BCUT2D eigenvalue weighted by Crippen LogP contribution is -2.36. The molecule has 0 aromatic heterocycles. The van der Waals surface area contributed by atoms with Crippen LogP contribution in [0.1, 0.15) is 20.3 Å². The van der Waals surface area contributed by atoms with E-state index >= 15 is 0 Å². The van der Waals surface area contributed by atoms with E-state index in [-0.39, 0.29) is 18.9 Å². The van der Waals surface area contributed by atoms with Gasteiger partial charge < -0.3 is 10.8 Å². The second kappa shape index (κ2) is 6.77. The highest BCUT2D eigenvalue weighted by atomic mass is 32.2. The number of nitrogens with zero attached hydrogens (tertiary/aromatic N) is 1. The second-order valence-electron chi connectivity index (χ2n) is 4.85. The molecule has 6 heteroatoms. The Hall–Kier alpha value is -1.27. The summed E-state index contributed by atoms with van der Waals surface area (Å²) in [5, 5.41) is 9.08. The first-order valence-electron chi connectivity index (χ1n) is 6.34. The minimum atomic E-state index is -3.46. The van der Waals surface area contributed by atoms with Gasteiger partial charge in [-0.1, -0.05) is 26.0 Å². The molecule has 0 bridgehead atoms. The smallest absolute Gasteiger partial charge is 0.235 e. The summed E-state index contributed by atoms with van der Waals surface area (Å²) in [6.45, 7) is 3.73. The van der Waals surface area contributed by atoms with Crippen LogP contribution >= 0.6 is 0 Å². The van der Waals surface area contributed by atoms with Crippen LogP contribution in [0.3, 0.4) is 0 Å². The van der Waals surface area contributed by atoms with Crippen molar-refractivity contribution in [3.8, 4) is 0 Å². The third-order valence-corrected chi connectivity index (χ3v) is 4.60. The quantitative estimate of drug-likeness (QED) is 0.743. The number of hydrogen-bond acceptors (Lipinski definition) is 4. The van der Waals surface area contributed by atoms with Crippen molar-refractivity contribution in [2.45, 2.75) is 20.3 Å². The zero-order valence-corrected chi connectivity index (χ0v) is 12.2. The van der Waals surface area contributed by atoms with Gasteiger partial charge in [-0.3, -0.25) is 4.31 Å². The molecule has 0 saturated carbocycles. The van der Waals surface area contributed by atoms with Gasteiger partial charge in [-0.15, -0.1) is 0 Å². The molecule has 0 atom stereocenters. The fraction of sp³-hybridized carbons (Fsp3) is 0.538. The van der Waals surface area contributed by atoms with Crippen LogP contribution in [-0.4, -0.2) is 32.4 Å². The maximum absolute atomic E-state index is 12.3. The molecule has 0 aliphatic heterocycles. The van der Waals surface area contributed by atoms with Gasteiger partial charge in [-0.05, 0) is 24.5 Å². The third-order valence-electron chi connectivity index (χ3n) is 2.80. The summed E-state index contributed by atoms with van der Waals surface area (Å²) < 4.78 is 25.9. The van der Waals surface area contributed by atoms with E-state index in [1.54, 1.807) is 24.3 Å². The van der Waals surface area contributed by atoms with Crippen molar-refractivity contribution in [3.05, 3.63) is 24.3 Å². The van der Waals surface area contributed by atoms with Crippen molar-refractivity contribution in [1.29, 1.82) is 0 Å². The molecular formula is C13H22N2O3S. The van der Waals surface area contributed by atoms with Gasteiger partial charge >= 0.3 is 0 Å². The topological polar surface area (TPSA) is 83.6 Å². The van der Waals surface area contributed by atoms with Gasteiger partial charge in [0.2, 0.25) is 10.0 Å². The molecule has 0 radical (unpaired) electrons. The van der Waals surface area contributed by atoms with Gasteiger partial charge in [0, 0.05) is 0 Å². The lowest BCUT2D eigenvalue weighted by molar-refractivity contribution is 0.306. The lowest BCUT2D eigenvalue weighted by atomic mass is 10.2. The van der Waals surface area contributed by atoms with Crippen molar-refractivity contribution < 1.29 is 13.5 Å². The van der Waals surface area contributed by atoms with E-state index in [1.807, 2.05) is 13.8 Å². The Morgan fingerprint density at radius 1 is 1.32 bits per heavy atom. The Balaban J connectivity index is 3.04. The van der Waals surface area contributed by atoms with Crippen LogP contribution in [0.5, 0.6) is 0 Å². The molecule has 19 heavy (non-hydrogen) atoms. The SMILES string of the molecule is CC(C)CCS(=O)(=O)N(CCO)c1ccccc1N. The first-order valence-corrected chi connectivity index (χ1v) is 7.95. The number of benzene rings is 1. The van der Waals surface area contributed by atoms with Crippen LogP contribution in [-0.2, 0) is 10.0 Å². The number of aliphatic hydroxyl groups is 1. The highest BCUT2D eigenvalue weighted by Gasteiger charge is 2.23. The molecule has 0 aliphatic carbocycles. The van der Waals surface area contributed by atoms with Crippen molar-refractivity contribution in [2.24, 2.45) is 5.92 Å². The summed E-state index contributed by atoms with van der Waals surface area (Å²) in [5.41, 5.74) is 6.64. The van der Waals surface area contributed by atoms with Gasteiger partial charge in [-0.25, -0.2) is 8.42 Å². The molecule has 0 unspecified atom stereocenters. The minimum Gasteiger partial charge on any atom is -0.397 e. The first kappa shape index (κ1) is 15.8. The van der Waals surface area contributed by atoms with Crippen LogP contribution in [0.4, 0.5) is 11.4 Å². The van der Waals surface area contributed by atoms with Gasteiger partial charge in [0.15, 0.2) is 0 Å². The number of nitrogen functional groups attached to an aromatic ring is 1. The van der Waals surface area contributed by atoms with E-state index in [4.69, 9.17) is 10.8 Å². The number of nitrogens with two attached hydrogens (primary N) is 1. The summed E-state index contributed by atoms with van der Waals surface area (Å²) in [5.74, 6) is 0.359. The molecule has 0 fully saturated rings. The fourth-order valence-corrected chi connectivity index (χ4v) is 3.53. The summed E-state index contributed by atoms with van der Waals surface area (Å²) in [4.78, 5) is 0. The number of rotatable bonds is 7. The average Bonchev–Trinajstić information content (AvgIpc) is 2.35. The molecule has 0 aliphatic rings. The summed E-state index contributed by atoms with van der Waals surface area (Å²) in [6, 6.07) is 6.78. The summed E-state index contributed by atoms with van der Waals surface area (Å²) >= 11 is 0. The van der Waals surface area contributed by atoms with Gasteiger partial charge in [-0.2, -0.15) is 0 Å². The van der Waals surface area contributed by atoms with Crippen LogP contribution in [0, 0.1) is 5.92 Å². The Labute approximate surface area is 115 Å². The molecule has 1 rings (SSSR count). The number of para-hydroxylation sites is 2. The van der Waals surface area contributed by atoms with Crippen molar-refractivity contribution in [2.75, 3.05) is 28.9 Å². The molecule has 0 heterocycles. The van der Waals surface area contributed by atoms with Crippen LogP contribution in [0.2, 0.25) is 0 Å². The van der Waals surface area contributed by atoms with Gasteiger partial charge in [0.1, 0.15) is 0 Å². The highest BCUT2D eigenvalue weighted by molar-refractivity contribution is 7.92. The summed E-state index contributed by atoms with van der Waals surface area (Å²) in [6.07, 6.45) is 0.580. The predicted octanol–water partition coefficient (Wildman–Crippen LogP) is 1.44. The fourth-order valence-electron chi connectivity index (χ4n) is 1.71. The average molecular weight is 286 g/mol. The normalized spacial score (nSPS) is 11.8. The molecular weight excluding hydrogens is 264 g/mol. The number of hydrogen-bond donors (Lipinski definition) is 2. The molecule has 0 saturated heterocycles. The van der Waals surface area contributed by atoms with Crippen molar-refractivity contribution in [1.82, 2.24) is 0 Å². The van der Waals surface area contributed by atoms with Crippen molar-refractivity contribution >= 4 is 21.4 Å². The van der Waals surface area contributed by atoms with Crippen LogP contribution in [0.15, 0.2) is 24.3 Å². The molecule has 3 N–H and O–H groups in total. The Kier molecular flexibility index (Phi) is 5.62. The number of aliphatic hydroxyl groups excluding tert-OH is 1. The Bertz CT molecular complexity index is 500. The molecule has 1 aromatic rings. The zero-order valence-electron chi connectivity index (χ0n) is 11.4. The molecule has 0 amide bonds. The lowest BCUT2D eigenvalue weighted by Gasteiger charge is -2.25. The monoisotopic (exact) mass is 286 g/mol. The molecule has 108 valence electrons. The van der Waals surface area contributed by atoms with Crippen LogP contribution in [0.25, 0.3) is 0 Å². The van der Waals surface area contributed by atoms with E-state index in [0.29, 0.717) is 23.7 Å². The second-order valence-corrected chi connectivity index (χ2v) is 6.87. The zero-order chi connectivity index (χ0) is 14.5. The Morgan fingerprint density at radius 3 is 2.47 bits per heavy atom. The van der Waals surface area contributed by atoms with E-state index in [1.165, 1.54) is 4.31 Å². The van der Waals surface area contributed by atoms with E-state index < -0.39 is 10.0 Å². The molecule has 0 spiro atoms. The number of sulfonamides is 1. The van der Waals surface area contributed by atoms with Crippen LogP contribution < -0.4 is 10.0 Å². The van der Waals surface area contributed by atoms with E-state index in [9.17, 15) is 8.42 Å². The molecule has 1 aromatic carbocycles. The summed E-state index contributed by atoms with van der Waals surface area (Å²) in [7, 11) is -3.46. The molecule has 5 nitrogen and oxygen atoms in total. The van der Waals surface area contributed by atoms with Gasteiger partial charge in [0.25, 0.3) is 0 Å². The standard InChI is InChI=1S/C13H22N2O3S/c1-11(2)7-10-19(17,18)15(8-9-16)13-6-4-3-5-12(13)14/h3-6,11,16H,7-10,14H2,1-2H3. The van der Waals surface area contributed by atoms with E-state index in [0.717, 1.165) is 0 Å².